The Kier molecular flexibility index (Phi) is 4.25. The maximum atomic E-state index is 10.9. The maximum Gasteiger partial charge on any atom is 0.272 e. The molecule has 0 spiro atoms. The van der Waals surface area contributed by atoms with E-state index in [2.05, 4.69) is 10.4 Å². The summed E-state index contributed by atoms with van der Waals surface area (Å²) >= 11 is 0. The second-order valence-corrected chi connectivity index (χ2v) is 4.28. The predicted molar refractivity (Wildman–Crippen MR) is 71.8 cm³/mol. The Morgan fingerprint density at radius 2 is 2.21 bits per heavy atom. The van der Waals surface area contributed by atoms with Crippen molar-refractivity contribution in [1.29, 1.82) is 0 Å². The van der Waals surface area contributed by atoms with Crippen molar-refractivity contribution in [2.45, 2.75) is 19.5 Å². The van der Waals surface area contributed by atoms with Gasteiger partial charge in [-0.3, -0.25) is 14.8 Å². The first kappa shape index (κ1) is 13.2. The molecule has 0 aliphatic rings. The van der Waals surface area contributed by atoms with Crippen LogP contribution in [0.2, 0.25) is 0 Å². The van der Waals surface area contributed by atoms with Crippen LogP contribution in [0.25, 0.3) is 0 Å². The van der Waals surface area contributed by atoms with Crippen LogP contribution in [0.1, 0.15) is 11.1 Å². The molecule has 100 valence electrons. The summed E-state index contributed by atoms with van der Waals surface area (Å²) in [7, 11) is 1.88. The fraction of sp³-hybridized carbons (Fsp3) is 0.308. The highest BCUT2D eigenvalue weighted by Gasteiger charge is 2.11. The SMILES string of the molecule is CNCc1cnn(CCc2ccccc2[N+](=O)[O-])c1. The van der Waals surface area contributed by atoms with Crippen LogP contribution in [-0.4, -0.2) is 21.8 Å². The standard InChI is InChI=1S/C13H16N4O2/c1-14-8-11-9-15-16(10-11)7-6-12-4-2-3-5-13(12)17(18)19/h2-5,9-10,14H,6-8H2,1H3. The van der Waals surface area contributed by atoms with Gasteiger partial charge < -0.3 is 5.32 Å². The third kappa shape index (κ3) is 3.38. The number of aryl methyl sites for hydroxylation is 2. The van der Waals surface area contributed by atoms with Crippen LogP contribution in [-0.2, 0) is 19.5 Å². The van der Waals surface area contributed by atoms with Crippen LogP contribution < -0.4 is 5.32 Å². The molecule has 2 rings (SSSR count). The first-order chi connectivity index (χ1) is 9.20. The summed E-state index contributed by atoms with van der Waals surface area (Å²) < 4.78 is 1.81. The maximum absolute atomic E-state index is 10.9. The zero-order valence-corrected chi connectivity index (χ0v) is 10.7. The first-order valence-electron chi connectivity index (χ1n) is 6.09. The highest BCUT2D eigenvalue weighted by Crippen LogP contribution is 2.18. The third-order valence-corrected chi connectivity index (χ3v) is 2.87. The molecule has 1 N–H and O–H groups in total. The molecule has 6 heteroatoms. The second-order valence-electron chi connectivity index (χ2n) is 4.28. The molecule has 6 nitrogen and oxygen atoms in total. The lowest BCUT2D eigenvalue weighted by molar-refractivity contribution is -0.385. The molecule has 0 aliphatic heterocycles. The van der Waals surface area contributed by atoms with Gasteiger partial charge in [0.1, 0.15) is 0 Å². The Balaban J connectivity index is 2.03. The van der Waals surface area contributed by atoms with E-state index in [1.54, 1.807) is 18.3 Å². The topological polar surface area (TPSA) is 73.0 Å². The molecule has 0 unspecified atom stereocenters. The highest BCUT2D eigenvalue weighted by atomic mass is 16.6. The van der Waals surface area contributed by atoms with E-state index in [0.29, 0.717) is 13.0 Å². The van der Waals surface area contributed by atoms with Gasteiger partial charge in [0.2, 0.25) is 0 Å². The van der Waals surface area contributed by atoms with Gasteiger partial charge in [-0.25, -0.2) is 0 Å². The molecule has 0 saturated carbocycles. The molecule has 1 heterocycles. The lowest BCUT2D eigenvalue weighted by atomic mass is 10.1. The number of nitro groups is 1. The van der Waals surface area contributed by atoms with E-state index in [9.17, 15) is 10.1 Å². The van der Waals surface area contributed by atoms with Crippen molar-refractivity contribution in [2.24, 2.45) is 0 Å². The molecule has 19 heavy (non-hydrogen) atoms. The van der Waals surface area contributed by atoms with Gasteiger partial charge in [-0.05, 0) is 13.5 Å². The number of nitro benzene ring substituents is 1. The monoisotopic (exact) mass is 260 g/mol. The fourth-order valence-corrected chi connectivity index (χ4v) is 1.96. The van der Waals surface area contributed by atoms with Crippen LogP contribution in [0.3, 0.4) is 0 Å². The molecule has 0 bridgehead atoms. The van der Waals surface area contributed by atoms with Gasteiger partial charge in [-0.1, -0.05) is 18.2 Å². The summed E-state index contributed by atoms with van der Waals surface area (Å²) in [5.41, 5.74) is 2.01. The van der Waals surface area contributed by atoms with E-state index in [0.717, 1.165) is 17.7 Å². The average molecular weight is 260 g/mol. The van der Waals surface area contributed by atoms with E-state index >= 15 is 0 Å². The van der Waals surface area contributed by atoms with Crippen LogP contribution >= 0.6 is 0 Å². The predicted octanol–water partition coefficient (Wildman–Crippen LogP) is 1.75. The molecule has 0 saturated heterocycles. The number of rotatable bonds is 6. The lowest BCUT2D eigenvalue weighted by Crippen LogP contribution is -2.05. The minimum absolute atomic E-state index is 0.171. The van der Waals surface area contributed by atoms with Crippen molar-refractivity contribution in [3.8, 4) is 0 Å². The van der Waals surface area contributed by atoms with Gasteiger partial charge >= 0.3 is 0 Å². The quantitative estimate of drug-likeness (QED) is 0.634. The van der Waals surface area contributed by atoms with Crippen molar-refractivity contribution in [3.63, 3.8) is 0 Å². The number of hydrogen-bond acceptors (Lipinski definition) is 4. The van der Waals surface area contributed by atoms with Crippen LogP contribution in [0, 0.1) is 10.1 Å². The second kappa shape index (κ2) is 6.10. The molecule has 2 aromatic rings. The zero-order valence-electron chi connectivity index (χ0n) is 10.7. The Hall–Kier alpha value is -2.21. The lowest BCUT2D eigenvalue weighted by Gasteiger charge is -2.03. The van der Waals surface area contributed by atoms with Crippen molar-refractivity contribution in [2.75, 3.05) is 7.05 Å². The zero-order chi connectivity index (χ0) is 13.7. The minimum atomic E-state index is -0.342. The molecule has 1 aromatic heterocycles. The van der Waals surface area contributed by atoms with Gasteiger partial charge in [0.05, 0.1) is 11.1 Å². The van der Waals surface area contributed by atoms with Crippen LogP contribution in [0.4, 0.5) is 5.69 Å². The smallest absolute Gasteiger partial charge is 0.272 e. The van der Waals surface area contributed by atoms with Crippen molar-refractivity contribution in [1.82, 2.24) is 15.1 Å². The summed E-state index contributed by atoms with van der Waals surface area (Å²) in [6, 6.07) is 6.82. The Labute approximate surface area is 111 Å². The summed E-state index contributed by atoms with van der Waals surface area (Å²) in [5, 5.41) is 18.2. The van der Waals surface area contributed by atoms with Gasteiger partial charge in [-0.2, -0.15) is 5.10 Å². The van der Waals surface area contributed by atoms with Crippen molar-refractivity contribution >= 4 is 5.69 Å². The number of benzene rings is 1. The van der Waals surface area contributed by atoms with E-state index in [-0.39, 0.29) is 10.6 Å². The van der Waals surface area contributed by atoms with E-state index in [1.807, 2.05) is 24.0 Å². The minimum Gasteiger partial charge on any atom is -0.316 e. The van der Waals surface area contributed by atoms with E-state index < -0.39 is 0 Å². The first-order valence-corrected chi connectivity index (χ1v) is 6.09. The molecule has 0 amide bonds. The van der Waals surface area contributed by atoms with Crippen LogP contribution in [0.15, 0.2) is 36.7 Å². The molecule has 0 radical (unpaired) electrons. The fourth-order valence-electron chi connectivity index (χ4n) is 1.96. The van der Waals surface area contributed by atoms with Gasteiger partial charge in [-0.15, -0.1) is 0 Å². The largest absolute Gasteiger partial charge is 0.316 e. The molecule has 0 atom stereocenters. The Bertz CT molecular complexity index is 565. The molecular formula is C13H16N4O2. The van der Waals surface area contributed by atoms with Crippen molar-refractivity contribution in [3.05, 3.63) is 57.9 Å². The third-order valence-electron chi connectivity index (χ3n) is 2.87. The van der Waals surface area contributed by atoms with Gasteiger partial charge in [0.25, 0.3) is 5.69 Å². The normalized spacial score (nSPS) is 10.6. The van der Waals surface area contributed by atoms with Crippen LogP contribution in [0.5, 0.6) is 0 Å². The number of nitrogens with zero attached hydrogens (tertiary/aromatic N) is 3. The Morgan fingerprint density at radius 1 is 1.42 bits per heavy atom. The van der Waals surface area contributed by atoms with Gasteiger partial charge in [0.15, 0.2) is 0 Å². The van der Waals surface area contributed by atoms with E-state index in [4.69, 9.17) is 0 Å². The average Bonchev–Trinajstić information content (AvgIpc) is 2.85. The summed E-state index contributed by atoms with van der Waals surface area (Å²) in [6.07, 6.45) is 4.35. The number of aromatic nitrogens is 2. The van der Waals surface area contributed by atoms with E-state index in [1.165, 1.54) is 6.07 Å². The number of nitrogens with one attached hydrogen (secondary N) is 1. The molecular weight excluding hydrogens is 244 g/mol. The Morgan fingerprint density at radius 3 is 2.95 bits per heavy atom. The molecule has 0 fully saturated rings. The number of para-hydroxylation sites is 1. The summed E-state index contributed by atoms with van der Waals surface area (Å²) in [4.78, 5) is 10.6. The highest BCUT2D eigenvalue weighted by molar-refractivity contribution is 5.39. The summed E-state index contributed by atoms with van der Waals surface area (Å²) in [6.45, 7) is 1.40. The van der Waals surface area contributed by atoms with Crippen molar-refractivity contribution < 1.29 is 4.92 Å². The van der Waals surface area contributed by atoms with Gasteiger partial charge in [0, 0.05) is 36.5 Å². The summed E-state index contributed by atoms with van der Waals surface area (Å²) in [5.74, 6) is 0. The number of hydrogen-bond donors (Lipinski definition) is 1. The molecule has 1 aromatic carbocycles. The molecule has 0 aliphatic carbocycles.